The third-order valence-corrected chi connectivity index (χ3v) is 6.42. The van der Waals surface area contributed by atoms with Gasteiger partial charge in [0.15, 0.2) is 6.61 Å². The summed E-state index contributed by atoms with van der Waals surface area (Å²) in [6.07, 6.45) is 1.21. The highest BCUT2D eigenvalue weighted by Gasteiger charge is 2.42. The van der Waals surface area contributed by atoms with E-state index in [9.17, 15) is 24.3 Å². The number of ether oxygens (including phenoxy) is 1. The van der Waals surface area contributed by atoms with E-state index in [1.54, 1.807) is 36.2 Å². The van der Waals surface area contributed by atoms with Crippen LogP contribution in [0.5, 0.6) is 5.75 Å². The van der Waals surface area contributed by atoms with Gasteiger partial charge in [-0.1, -0.05) is 31.9 Å². The van der Waals surface area contributed by atoms with Crippen LogP contribution in [0.3, 0.4) is 0 Å². The Labute approximate surface area is 226 Å². The molecule has 0 aliphatic carbocycles. The van der Waals surface area contributed by atoms with Gasteiger partial charge in [-0.25, -0.2) is 0 Å². The molecular weight excluding hydrogens is 488 g/mol. The fourth-order valence-corrected chi connectivity index (χ4v) is 4.26. The molecule has 10 nitrogen and oxygen atoms in total. The zero-order chi connectivity index (χ0) is 28.6. The molecule has 0 unspecified atom stereocenters. The Morgan fingerprint density at radius 3 is 2.45 bits per heavy atom. The molecule has 3 atom stereocenters. The molecule has 0 spiro atoms. The first-order valence-corrected chi connectivity index (χ1v) is 13.3. The Morgan fingerprint density at radius 2 is 1.84 bits per heavy atom. The summed E-state index contributed by atoms with van der Waals surface area (Å²) >= 11 is 0. The average Bonchev–Trinajstić information content (AvgIpc) is 3.24. The van der Waals surface area contributed by atoms with Crippen LogP contribution in [-0.2, 0) is 14.4 Å². The molecule has 1 saturated heterocycles. The van der Waals surface area contributed by atoms with Crippen molar-refractivity contribution >= 4 is 23.6 Å². The number of rotatable bonds is 11. The quantitative estimate of drug-likeness (QED) is 0.400. The first-order chi connectivity index (χ1) is 17.7. The topological polar surface area (TPSA) is 128 Å². The van der Waals surface area contributed by atoms with E-state index in [0.29, 0.717) is 12.8 Å². The molecule has 1 aliphatic rings. The minimum absolute atomic E-state index is 0.0300. The minimum atomic E-state index is -0.885. The number of β-amino-alcohol motifs (C(OH)–C–C–N with tert-alkyl or cyclic N) is 1. The highest BCUT2D eigenvalue weighted by molar-refractivity contribution is 6.00. The molecule has 1 aromatic carbocycles. The molecule has 3 N–H and O–H groups in total. The monoisotopic (exact) mass is 532 g/mol. The fraction of sp³-hybridized carbons (Fsp3) is 0.643. The molecule has 0 aromatic heterocycles. The van der Waals surface area contributed by atoms with Crippen LogP contribution in [0.15, 0.2) is 24.3 Å². The van der Waals surface area contributed by atoms with Crippen molar-refractivity contribution in [1.82, 2.24) is 20.4 Å². The van der Waals surface area contributed by atoms with Crippen LogP contribution in [0.4, 0.5) is 0 Å². The number of benzene rings is 1. The molecule has 0 radical (unpaired) electrons. The number of para-hydroxylation sites is 1. The Kier molecular flexibility index (Phi) is 11.1. The second kappa shape index (κ2) is 13.6. The van der Waals surface area contributed by atoms with Crippen LogP contribution in [-0.4, -0.2) is 88.5 Å². The van der Waals surface area contributed by atoms with E-state index < -0.39 is 35.5 Å². The molecule has 1 aliphatic heterocycles. The molecule has 1 aromatic rings. The number of carbonyl (C=O) groups excluding carboxylic acids is 4. The maximum absolute atomic E-state index is 13.6. The van der Waals surface area contributed by atoms with E-state index in [4.69, 9.17) is 4.74 Å². The second-order valence-corrected chi connectivity index (χ2v) is 11.2. The third kappa shape index (κ3) is 8.72. The van der Waals surface area contributed by atoms with Gasteiger partial charge in [0, 0.05) is 31.6 Å². The summed E-state index contributed by atoms with van der Waals surface area (Å²) in [5, 5.41) is 15.9. The van der Waals surface area contributed by atoms with Crippen LogP contribution < -0.4 is 15.4 Å². The summed E-state index contributed by atoms with van der Waals surface area (Å²) in [6, 6.07) is 4.79. The number of unbranched alkanes of at least 4 members (excludes halogenated alkanes) is 1. The van der Waals surface area contributed by atoms with Crippen molar-refractivity contribution in [2.24, 2.45) is 0 Å². The standard InChI is InChI=1S/C28H44N4O6/c1-8-9-13-21(26(36)32-16-19(33)15-22(32)27(37)31(7)18(2)3)29-25(35)20-12-10-11-14-23(20)38-17-24(34)30-28(4,5)6/h10-12,14,18-19,21-22,33H,8-9,13,15-17H2,1-7H3,(H,29,35)(H,30,34)/t19-,21+,22+/m0/s1. The molecule has 4 amide bonds. The van der Waals surface area contributed by atoms with Gasteiger partial charge in [-0.2, -0.15) is 0 Å². The number of likely N-dealkylation sites (N-methyl/N-ethyl adjacent to an activating group) is 1. The van der Waals surface area contributed by atoms with Gasteiger partial charge < -0.3 is 30.3 Å². The van der Waals surface area contributed by atoms with Gasteiger partial charge in [0.1, 0.15) is 17.8 Å². The predicted octanol–water partition coefficient (Wildman–Crippen LogP) is 2.10. The van der Waals surface area contributed by atoms with Gasteiger partial charge >= 0.3 is 0 Å². The number of nitrogens with one attached hydrogen (secondary N) is 2. The largest absolute Gasteiger partial charge is 0.483 e. The van der Waals surface area contributed by atoms with Crippen molar-refractivity contribution in [3.63, 3.8) is 0 Å². The highest BCUT2D eigenvalue weighted by Crippen LogP contribution is 2.24. The number of aliphatic hydroxyl groups is 1. The van der Waals surface area contributed by atoms with E-state index >= 15 is 0 Å². The van der Waals surface area contributed by atoms with Crippen LogP contribution in [0.2, 0.25) is 0 Å². The van der Waals surface area contributed by atoms with Crippen LogP contribution >= 0.6 is 0 Å². The molecular formula is C28H44N4O6. The van der Waals surface area contributed by atoms with Crippen LogP contribution in [0.25, 0.3) is 0 Å². The minimum Gasteiger partial charge on any atom is -0.483 e. The lowest BCUT2D eigenvalue weighted by Crippen LogP contribution is -2.54. The zero-order valence-corrected chi connectivity index (χ0v) is 23.7. The Hall–Kier alpha value is -3.14. The molecule has 2 rings (SSSR count). The van der Waals surface area contributed by atoms with E-state index in [2.05, 4.69) is 10.6 Å². The molecule has 38 heavy (non-hydrogen) atoms. The van der Waals surface area contributed by atoms with Crippen molar-refractivity contribution in [3.8, 4) is 5.75 Å². The number of likely N-dealkylation sites (tertiary alicyclic amines) is 1. The van der Waals surface area contributed by atoms with Gasteiger partial charge in [0.05, 0.1) is 11.7 Å². The van der Waals surface area contributed by atoms with E-state index in [-0.39, 0.29) is 48.7 Å². The number of carbonyl (C=O) groups is 4. The SMILES string of the molecule is CCCC[C@@H](NC(=O)c1ccccc1OCC(=O)NC(C)(C)C)C(=O)N1C[C@@H](O)C[C@@H]1C(=O)N(C)C(C)C. The normalized spacial score (nSPS) is 18.2. The summed E-state index contributed by atoms with van der Waals surface area (Å²) in [6.45, 7) is 11.1. The highest BCUT2D eigenvalue weighted by atomic mass is 16.5. The van der Waals surface area contributed by atoms with Gasteiger partial charge in [-0.3, -0.25) is 19.2 Å². The maximum Gasteiger partial charge on any atom is 0.258 e. The second-order valence-electron chi connectivity index (χ2n) is 11.2. The van der Waals surface area contributed by atoms with Crippen molar-refractivity contribution < 1.29 is 29.0 Å². The summed E-state index contributed by atoms with van der Waals surface area (Å²) < 4.78 is 5.65. The number of hydrogen-bond donors (Lipinski definition) is 3. The average molecular weight is 533 g/mol. The van der Waals surface area contributed by atoms with Crippen LogP contribution in [0, 0.1) is 0 Å². The smallest absolute Gasteiger partial charge is 0.258 e. The zero-order valence-electron chi connectivity index (χ0n) is 23.7. The summed E-state index contributed by atoms with van der Waals surface area (Å²) in [5.41, 5.74) is -0.227. The molecule has 212 valence electrons. The third-order valence-electron chi connectivity index (χ3n) is 6.42. The summed E-state index contributed by atoms with van der Waals surface area (Å²) in [5.74, 6) is -1.26. The lowest BCUT2D eigenvalue weighted by Gasteiger charge is -2.32. The molecule has 1 heterocycles. The predicted molar refractivity (Wildman–Crippen MR) is 145 cm³/mol. The molecule has 0 bridgehead atoms. The molecule has 10 heteroatoms. The first-order valence-electron chi connectivity index (χ1n) is 13.3. The summed E-state index contributed by atoms with van der Waals surface area (Å²) in [7, 11) is 1.68. The lowest BCUT2D eigenvalue weighted by atomic mass is 10.1. The van der Waals surface area contributed by atoms with Gasteiger partial charge in [-0.05, 0) is 53.2 Å². The first kappa shape index (κ1) is 31.1. The van der Waals surface area contributed by atoms with Gasteiger partial charge in [0.25, 0.3) is 11.8 Å². The molecule has 1 fully saturated rings. The summed E-state index contributed by atoms with van der Waals surface area (Å²) in [4.78, 5) is 55.2. The number of nitrogens with zero attached hydrogens (tertiary/aromatic N) is 2. The van der Waals surface area contributed by atoms with Crippen molar-refractivity contribution in [3.05, 3.63) is 29.8 Å². The molecule has 0 saturated carbocycles. The maximum atomic E-state index is 13.6. The van der Waals surface area contributed by atoms with Crippen LogP contribution in [0.1, 0.15) is 77.6 Å². The Balaban J connectivity index is 2.21. The van der Waals surface area contributed by atoms with Crippen molar-refractivity contribution in [2.45, 2.75) is 97.0 Å². The number of hydrogen-bond acceptors (Lipinski definition) is 6. The van der Waals surface area contributed by atoms with Crippen molar-refractivity contribution in [1.29, 1.82) is 0 Å². The number of amides is 4. The Bertz CT molecular complexity index is 990. The Morgan fingerprint density at radius 1 is 1.18 bits per heavy atom. The van der Waals surface area contributed by atoms with Crippen molar-refractivity contribution in [2.75, 3.05) is 20.2 Å². The number of aliphatic hydroxyl groups excluding tert-OH is 1. The van der Waals surface area contributed by atoms with E-state index in [1.165, 1.54) is 4.90 Å². The van der Waals surface area contributed by atoms with E-state index in [0.717, 1.165) is 6.42 Å². The fourth-order valence-electron chi connectivity index (χ4n) is 4.26. The van der Waals surface area contributed by atoms with Gasteiger partial charge in [-0.15, -0.1) is 0 Å². The van der Waals surface area contributed by atoms with Gasteiger partial charge in [0.2, 0.25) is 11.8 Å². The van der Waals surface area contributed by atoms with E-state index in [1.807, 2.05) is 41.5 Å². The lowest BCUT2D eigenvalue weighted by molar-refractivity contribution is -0.145.